The van der Waals surface area contributed by atoms with Crippen LogP contribution in [0.25, 0.3) is 17.1 Å². The van der Waals surface area contributed by atoms with E-state index in [0.717, 1.165) is 22.2 Å². The van der Waals surface area contributed by atoms with Crippen molar-refractivity contribution in [2.45, 2.75) is 31.5 Å². The number of aromatic nitrogens is 3. The molecule has 33 heavy (non-hydrogen) atoms. The number of hydrogen-bond acceptors (Lipinski definition) is 5. The molecule has 2 heterocycles. The van der Waals surface area contributed by atoms with Crippen LogP contribution in [0.1, 0.15) is 24.2 Å². The van der Waals surface area contributed by atoms with E-state index in [2.05, 4.69) is 15.5 Å². The van der Waals surface area contributed by atoms with E-state index in [1.165, 1.54) is 5.56 Å². The molecular formula is C24H22Cl2N4O2S. The third-order valence-electron chi connectivity index (χ3n) is 4.92. The molecule has 0 fully saturated rings. The van der Waals surface area contributed by atoms with Gasteiger partial charge in [0.15, 0.2) is 11.0 Å². The highest BCUT2D eigenvalue weighted by Crippen LogP contribution is 2.31. The summed E-state index contributed by atoms with van der Waals surface area (Å²) < 4.78 is 7.20. The number of hydrogen-bond donors (Lipinski definition) is 1. The van der Waals surface area contributed by atoms with Crippen LogP contribution in [0.4, 0.5) is 0 Å². The van der Waals surface area contributed by atoms with Gasteiger partial charge in [0.2, 0.25) is 5.91 Å². The second kappa shape index (κ2) is 10.9. The Morgan fingerprint density at radius 2 is 1.91 bits per heavy atom. The summed E-state index contributed by atoms with van der Waals surface area (Å²) in [6.07, 6.45) is 2.70. The van der Waals surface area contributed by atoms with Gasteiger partial charge >= 0.3 is 0 Å². The quantitative estimate of drug-likeness (QED) is 0.214. The Labute approximate surface area is 206 Å². The molecule has 1 N–H and O–H groups in total. The van der Waals surface area contributed by atoms with Crippen LogP contribution in [-0.2, 0) is 11.3 Å². The number of halogens is 2. The summed E-state index contributed by atoms with van der Waals surface area (Å²) in [6.45, 7) is 2.43. The number of nitrogens with zero attached hydrogens (tertiary/aromatic N) is 3. The first-order chi connectivity index (χ1) is 16.0. The molecule has 0 saturated heterocycles. The Bertz CT molecular complexity index is 1220. The van der Waals surface area contributed by atoms with E-state index in [4.69, 9.17) is 27.6 Å². The van der Waals surface area contributed by atoms with Crippen LogP contribution in [0.3, 0.4) is 0 Å². The van der Waals surface area contributed by atoms with E-state index < -0.39 is 0 Å². The minimum Gasteiger partial charge on any atom is -0.467 e. The van der Waals surface area contributed by atoms with Crippen molar-refractivity contribution in [1.29, 1.82) is 0 Å². The van der Waals surface area contributed by atoms with E-state index >= 15 is 0 Å². The maximum absolute atomic E-state index is 12.1. The predicted octanol–water partition coefficient (Wildman–Crippen LogP) is 6.33. The van der Waals surface area contributed by atoms with Crippen molar-refractivity contribution in [3.05, 3.63) is 82.2 Å². The standard InChI is InChI=1S/C24H22Cl2N4O2S/c1-16-6-8-17(9-7-16)23-28-29-24(30(23)18-10-11-20(25)21(26)14-18)33-13-3-5-22(31)27-15-19-4-2-12-32-19/h2,4,6-12,14H,3,5,13,15H2,1H3,(H,27,31). The Morgan fingerprint density at radius 1 is 1.09 bits per heavy atom. The fraction of sp³-hybridized carbons (Fsp3) is 0.208. The first-order valence-corrected chi connectivity index (χ1v) is 12.1. The molecule has 4 aromatic rings. The van der Waals surface area contributed by atoms with Crippen molar-refractivity contribution in [1.82, 2.24) is 20.1 Å². The molecule has 0 spiro atoms. The van der Waals surface area contributed by atoms with Crippen molar-refractivity contribution in [3.63, 3.8) is 0 Å². The summed E-state index contributed by atoms with van der Waals surface area (Å²) in [4.78, 5) is 12.1. The van der Waals surface area contributed by atoms with Crippen LogP contribution in [-0.4, -0.2) is 26.4 Å². The van der Waals surface area contributed by atoms with Gasteiger partial charge in [-0.15, -0.1) is 10.2 Å². The van der Waals surface area contributed by atoms with Crippen molar-refractivity contribution < 1.29 is 9.21 Å². The summed E-state index contributed by atoms with van der Waals surface area (Å²) >= 11 is 14.0. The number of rotatable bonds is 9. The fourth-order valence-corrected chi connectivity index (χ4v) is 4.38. The molecule has 6 nitrogen and oxygen atoms in total. The van der Waals surface area contributed by atoms with Gasteiger partial charge in [-0.25, -0.2) is 0 Å². The lowest BCUT2D eigenvalue weighted by Gasteiger charge is -2.11. The monoisotopic (exact) mass is 500 g/mol. The molecule has 0 bridgehead atoms. The zero-order valence-corrected chi connectivity index (χ0v) is 20.3. The normalized spacial score (nSPS) is 11.0. The number of furan rings is 1. The molecule has 9 heteroatoms. The highest BCUT2D eigenvalue weighted by molar-refractivity contribution is 7.99. The highest BCUT2D eigenvalue weighted by atomic mass is 35.5. The molecule has 0 aliphatic rings. The van der Waals surface area contributed by atoms with Crippen molar-refractivity contribution in [3.8, 4) is 17.1 Å². The van der Waals surface area contributed by atoms with Gasteiger partial charge in [0.1, 0.15) is 5.76 Å². The van der Waals surface area contributed by atoms with Crippen molar-refractivity contribution in [2.24, 2.45) is 0 Å². The van der Waals surface area contributed by atoms with Crippen LogP contribution in [0, 0.1) is 6.92 Å². The topological polar surface area (TPSA) is 73.0 Å². The van der Waals surface area contributed by atoms with Gasteiger partial charge in [0.05, 0.1) is 28.5 Å². The van der Waals surface area contributed by atoms with E-state index in [1.54, 1.807) is 36.2 Å². The summed E-state index contributed by atoms with van der Waals surface area (Å²) in [5, 5.41) is 13.4. The smallest absolute Gasteiger partial charge is 0.220 e. The van der Waals surface area contributed by atoms with Crippen LogP contribution >= 0.6 is 35.0 Å². The maximum Gasteiger partial charge on any atom is 0.220 e. The van der Waals surface area contributed by atoms with E-state index in [0.29, 0.717) is 41.0 Å². The van der Waals surface area contributed by atoms with Crippen molar-refractivity contribution >= 4 is 40.9 Å². The van der Waals surface area contributed by atoms with E-state index in [1.807, 2.05) is 47.9 Å². The average molecular weight is 501 g/mol. The van der Waals surface area contributed by atoms with E-state index in [9.17, 15) is 4.79 Å². The Balaban J connectivity index is 1.46. The number of aryl methyl sites for hydroxylation is 1. The third kappa shape index (κ3) is 5.99. The molecule has 0 saturated carbocycles. The molecule has 0 aliphatic carbocycles. The molecule has 2 aromatic carbocycles. The summed E-state index contributed by atoms with van der Waals surface area (Å²) in [5.41, 5.74) is 2.94. The minimum absolute atomic E-state index is 0.0155. The van der Waals surface area contributed by atoms with Gasteiger partial charge in [-0.2, -0.15) is 0 Å². The lowest BCUT2D eigenvalue weighted by atomic mass is 10.1. The van der Waals surface area contributed by atoms with Crippen molar-refractivity contribution in [2.75, 3.05) is 5.75 Å². The molecule has 0 atom stereocenters. The largest absolute Gasteiger partial charge is 0.467 e. The summed E-state index contributed by atoms with van der Waals surface area (Å²) in [7, 11) is 0. The Morgan fingerprint density at radius 3 is 2.64 bits per heavy atom. The number of thioether (sulfide) groups is 1. The van der Waals surface area contributed by atoms with Crippen LogP contribution in [0.5, 0.6) is 0 Å². The average Bonchev–Trinajstić information content (AvgIpc) is 3.48. The molecule has 0 unspecified atom stereocenters. The number of carbonyl (C=O) groups excluding carboxylic acids is 1. The summed E-state index contributed by atoms with van der Waals surface area (Å²) in [5.74, 6) is 2.14. The van der Waals surface area contributed by atoms with Gasteiger partial charge in [-0.1, -0.05) is 64.8 Å². The zero-order chi connectivity index (χ0) is 23.2. The second-order valence-electron chi connectivity index (χ2n) is 7.41. The van der Waals surface area contributed by atoms with Gasteiger partial charge < -0.3 is 9.73 Å². The molecule has 0 radical (unpaired) electrons. The molecular weight excluding hydrogens is 479 g/mol. The SMILES string of the molecule is Cc1ccc(-c2nnc(SCCCC(=O)NCc3ccco3)n2-c2ccc(Cl)c(Cl)c2)cc1. The number of carbonyl (C=O) groups is 1. The van der Waals surface area contributed by atoms with Crippen LogP contribution in [0.15, 0.2) is 70.4 Å². The van der Waals surface area contributed by atoms with E-state index in [-0.39, 0.29) is 5.91 Å². The first kappa shape index (κ1) is 23.4. The van der Waals surface area contributed by atoms with Gasteiger partial charge in [-0.05, 0) is 43.7 Å². The Hall–Kier alpha value is -2.74. The van der Waals surface area contributed by atoms with Crippen LogP contribution in [0.2, 0.25) is 10.0 Å². The predicted molar refractivity (Wildman–Crippen MR) is 132 cm³/mol. The number of benzene rings is 2. The lowest BCUT2D eigenvalue weighted by Crippen LogP contribution is -2.22. The van der Waals surface area contributed by atoms with Gasteiger partial charge in [-0.3, -0.25) is 9.36 Å². The molecule has 170 valence electrons. The van der Waals surface area contributed by atoms with Gasteiger partial charge in [0, 0.05) is 17.7 Å². The lowest BCUT2D eigenvalue weighted by molar-refractivity contribution is -0.121. The number of amides is 1. The molecule has 2 aromatic heterocycles. The van der Waals surface area contributed by atoms with Gasteiger partial charge in [0.25, 0.3) is 0 Å². The third-order valence-corrected chi connectivity index (χ3v) is 6.68. The zero-order valence-electron chi connectivity index (χ0n) is 17.9. The highest BCUT2D eigenvalue weighted by Gasteiger charge is 2.17. The Kier molecular flexibility index (Phi) is 7.75. The number of nitrogens with one attached hydrogen (secondary N) is 1. The first-order valence-electron chi connectivity index (χ1n) is 10.4. The maximum atomic E-state index is 12.1. The molecule has 0 aliphatic heterocycles. The summed E-state index contributed by atoms with van der Waals surface area (Å²) in [6, 6.07) is 17.2. The molecule has 1 amide bonds. The minimum atomic E-state index is -0.0155. The van der Waals surface area contributed by atoms with Crippen LogP contribution < -0.4 is 5.32 Å². The second-order valence-corrected chi connectivity index (χ2v) is 9.29. The fourth-order valence-electron chi connectivity index (χ4n) is 3.19. The molecule has 4 rings (SSSR count).